The summed E-state index contributed by atoms with van der Waals surface area (Å²) in [7, 11) is -1.58. The Labute approximate surface area is 253 Å². The summed E-state index contributed by atoms with van der Waals surface area (Å²) in [6, 6.07) is 12.8. The number of amides is 1. The predicted octanol–water partition coefficient (Wildman–Crippen LogP) is 4.40. The van der Waals surface area contributed by atoms with Crippen LogP contribution in [0.25, 0.3) is 11.6 Å². The van der Waals surface area contributed by atoms with Crippen LogP contribution in [0.4, 0.5) is 5.69 Å². The number of benzene rings is 2. The fraction of sp³-hybridized carbons (Fsp3) is 0.424. The third-order valence-corrected chi connectivity index (χ3v) is 10.4. The Kier molecular flexibility index (Phi) is 8.46. The maximum atomic E-state index is 13.7. The average Bonchev–Trinajstić information content (AvgIpc) is 3.75. The molecule has 3 heterocycles. The summed E-state index contributed by atoms with van der Waals surface area (Å²) in [5, 5.41) is 2.90. The second kappa shape index (κ2) is 12.3. The number of aromatic amines is 1. The van der Waals surface area contributed by atoms with Crippen LogP contribution in [0, 0.1) is 13.8 Å². The standard InChI is InChI=1S/C33H40N4O5S/c1-22-29(20-36(3)25-8-9-25)23(2)34-31(22)19-28-27-18-26(10-11-30(27)35-33(28)38)43(39,40)21-24-6-4-5-7-32(24)42-17-14-37-12-15-41-16-13-37/h4-7,10-11,18-19,25,34H,8-9,12-17,20-21H2,1-3H3,(H,35,38)/b28-19-. The number of H-pyrrole nitrogens is 1. The number of para-hydroxylation sites is 1. The fourth-order valence-corrected chi connectivity index (χ4v) is 7.29. The fourth-order valence-electron chi connectivity index (χ4n) is 5.90. The maximum absolute atomic E-state index is 13.7. The van der Waals surface area contributed by atoms with Crippen molar-refractivity contribution in [2.75, 3.05) is 51.8 Å². The van der Waals surface area contributed by atoms with Gasteiger partial charge in [0.05, 0.1) is 29.4 Å². The zero-order valence-corrected chi connectivity index (χ0v) is 25.9. The molecule has 6 rings (SSSR count). The monoisotopic (exact) mass is 604 g/mol. The second-order valence-corrected chi connectivity index (χ2v) is 13.8. The van der Waals surface area contributed by atoms with Crippen LogP contribution in [0.3, 0.4) is 0 Å². The number of aromatic nitrogens is 1. The summed E-state index contributed by atoms with van der Waals surface area (Å²) in [4.78, 5) is 21.3. The molecule has 0 radical (unpaired) electrons. The van der Waals surface area contributed by atoms with Gasteiger partial charge in [-0.15, -0.1) is 0 Å². The summed E-state index contributed by atoms with van der Waals surface area (Å²) in [6.45, 7) is 9.38. The SMILES string of the molecule is Cc1[nH]c(/C=C2\C(=O)Nc3ccc(S(=O)(=O)Cc4ccccc4OCCN4CCOCC4)cc32)c(C)c1CN(C)C1CC1. The van der Waals surface area contributed by atoms with Crippen LogP contribution in [0.5, 0.6) is 5.75 Å². The number of nitrogens with zero attached hydrogens (tertiary/aromatic N) is 2. The van der Waals surface area contributed by atoms with E-state index in [4.69, 9.17) is 9.47 Å². The minimum Gasteiger partial charge on any atom is -0.492 e. The normalized spacial score (nSPS) is 18.3. The number of aryl methyl sites for hydroxylation is 1. The molecule has 0 unspecified atom stereocenters. The molecular formula is C33H40N4O5S. The van der Waals surface area contributed by atoms with Crippen molar-refractivity contribution in [3.63, 3.8) is 0 Å². The number of carbonyl (C=O) groups is 1. The van der Waals surface area contributed by atoms with Crippen molar-refractivity contribution in [2.45, 2.75) is 49.9 Å². The van der Waals surface area contributed by atoms with Crippen molar-refractivity contribution in [3.05, 3.63) is 76.1 Å². The quantitative estimate of drug-likeness (QED) is 0.313. The van der Waals surface area contributed by atoms with E-state index in [1.165, 1.54) is 18.4 Å². The minimum atomic E-state index is -3.73. The van der Waals surface area contributed by atoms with Crippen LogP contribution in [0.2, 0.25) is 0 Å². The molecule has 10 heteroatoms. The van der Waals surface area contributed by atoms with E-state index in [-0.39, 0.29) is 16.6 Å². The predicted molar refractivity (Wildman–Crippen MR) is 168 cm³/mol. The van der Waals surface area contributed by atoms with Gasteiger partial charge in [0.2, 0.25) is 0 Å². The highest BCUT2D eigenvalue weighted by molar-refractivity contribution is 7.90. The Hall–Kier alpha value is -3.44. The van der Waals surface area contributed by atoms with Crippen molar-refractivity contribution in [3.8, 4) is 5.75 Å². The molecule has 1 aromatic heterocycles. The van der Waals surface area contributed by atoms with Crippen LogP contribution in [-0.4, -0.2) is 81.7 Å². The van der Waals surface area contributed by atoms with Gasteiger partial charge in [-0.25, -0.2) is 8.42 Å². The average molecular weight is 605 g/mol. The second-order valence-electron chi connectivity index (χ2n) is 11.8. The molecule has 228 valence electrons. The smallest absolute Gasteiger partial charge is 0.256 e. The number of hydrogen-bond acceptors (Lipinski definition) is 7. The molecule has 2 aromatic carbocycles. The highest BCUT2D eigenvalue weighted by Crippen LogP contribution is 2.37. The van der Waals surface area contributed by atoms with Crippen LogP contribution < -0.4 is 10.1 Å². The van der Waals surface area contributed by atoms with Crippen LogP contribution >= 0.6 is 0 Å². The molecular weight excluding hydrogens is 564 g/mol. The molecule has 3 aromatic rings. The lowest BCUT2D eigenvalue weighted by atomic mass is 10.0. The van der Waals surface area contributed by atoms with E-state index in [1.54, 1.807) is 24.3 Å². The third kappa shape index (κ3) is 6.57. The molecule has 43 heavy (non-hydrogen) atoms. The van der Waals surface area contributed by atoms with E-state index >= 15 is 0 Å². The van der Waals surface area contributed by atoms with Crippen LogP contribution in [0.1, 0.15) is 46.5 Å². The number of rotatable bonds is 11. The lowest BCUT2D eigenvalue weighted by Gasteiger charge is -2.26. The Morgan fingerprint density at radius 3 is 2.65 bits per heavy atom. The first-order valence-corrected chi connectivity index (χ1v) is 16.6. The lowest BCUT2D eigenvalue weighted by molar-refractivity contribution is -0.110. The third-order valence-electron chi connectivity index (χ3n) is 8.72. The molecule has 2 aliphatic heterocycles. The molecule has 1 aliphatic carbocycles. The van der Waals surface area contributed by atoms with E-state index in [1.807, 2.05) is 24.3 Å². The number of fused-ring (bicyclic) bond motifs is 1. The number of carbonyl (C=O) groups excluding carboxylic acids is 1. The molecule has 1 amide bonds. The highest BCUT2D eigenvalue weighted by Gasteiger charge is 2.29. The maximum Gasteiger partial charge on any atom is 0.256 e. The van der Waals surface area contributed by atoms with Gasteiger partial charge in [0, 0.05) is 60.4 Å². The molecule has 2 N–H and O–H groups in total. The lowest BCUT2D eigenvalue weighted by Crippen LogP contribution is -2.38. The Morgan fingerprint density at radius 2 is 1.88 bits per heavy atom. The van der Waals surface area contributed by atoms with E-state index in [9.17, 15) is 13.2 Å². The molecule has 9 nitrogen and oxygen atoms in total. The summed E-state index contributed by atoms with van der Waals surface area (Å²) in [5.41, 5.74) is 6.54. The summed E-state index contributed by atoms with van der Waals surface area (Å²) >= 11 is 0. The van der Waals surface area contributed by atoms with Gasteiger partial charge in [0.15, 0.2) is 9.84 Å². The van der Waals surface area contributed by atoms with E-state index in [0.717, 1.165) is 56.3 Å². The first-order valence-electron chi connectivity index (χ1n) is 15.0. The van der Waals surface area contributed by atoms with Crippen LogP contribution in [0.15, 0.2) is 47.4 Å². The summed E-state index contributed by atoms with van der Waals surface area (Å²) in [6.07, 6.45) is 4.33. The number of hydrogen-bond donors (Lipinski definition) is 2. The van der Waals surface area contributed by atoms with E-state index < -0.39 is 9.84 Å². The largest absolute Gasteiger partial charge is 0.492 e. The number of nitrogens with one attached hydrogen (secondary N) is 2. The van der Waals surface area contributed by atoms with Gasteiger partial charge in [-0.3, -0.25) is 14.6 Å². The van der Waals surface area contributed by atoms with Gasteiger partial charge >= 0.3 is 0 Å². The Bertz CT molecular complexity index is 1650. The van der Waals surface area contributed by atoms with Crippen molar-refractivity contribution in [1.29, 1.82) is 0 Å². The first kappa shape index (κ1) is 29.6. The first-order chi connectivity index (χ1) is 20.7. The van der Waals surface area contributed by atoms with Crippen molar-refractivity contribution < 1.29 is 22.7 Å². The van der Waals surface area contributed by atoms with Gasteiger partial charge in [-0.2, -0.15) is 0 Å². The van der Waals surface area contributed by atoms with E-state index in [2.05, 4.69) is 41.0 Å². The number of sulfone groups is 1. The van der Waals surface area contributed by atoms with Gasteiger partial charge in [0.1, 0.15) is 12.4 Å². The molecule has 1 saturated heterocycles. The van der Waals surface area contributed by atoms with Gasteiger partial charge in [0.25, 0.3) is 5.91 Å². The van der Waals surface area contributed by atoms with Gasteiger partial charge in [-0.05, 0) is 75.2 Å². The molecule has 1 saturated carbocycles. The van der Waals surface area contributed by atoms with Crippen molar-refractivity contribution >= 4 is 33.1 Å². The van der Waals surface area contributed by atoms with Crippen LogP contribution in [-0.2, 0) is 31.7 Å². The Balaban J connectivity index is 1.21. The minimum absolute atomic E-state index is 0.169. The molecule has 0 bridgehead atoms. The summed E-state index contributed by atoms with van der Waals surface area (Å²) < 4.78 is 38.8. The number of ether oxygens (including phenoxy) is 2. The highest BCUT2D eigenvalue weighted by atomic mass is 32.2. The van der Waals surface area contributed by atoms with Gasteiger partial charge < -0.3 is 19.8 Å². The molecule has 3 aliphatic rings. The zero-order chi connectivity index (χ0) is 30.1. The topological polar surface area (TPSA) is 104 Å². The van der Waals surface area contributed by atoms with Crippen molar-refractivity contribution in [2.24, 2.45) is 0 Å². The molecule has 0 spiro atoms. The zero-order valence-electron chi connectivity index (χ0n) is 25.1. The van der Waals surface area contributed by atoms with E-state index in [0.29, 0.717) is 40.8 Å². The molecule has 2 fully saturated rings. The molecule has 0 atom stereocenters. The summed E-state index contributed by atoms with van der Waals surface area (Å²) in [5.74, 6) is 0.123. The number of morpholine rings is 1. The van der Waals surface area contributed by atoms with Crippen molar-refractivity contribution in [1.82, 2.24) is 14.8 Å². The van der Waals surface area contributed by atoms with Gasteiger partial charge in [-0.1, -0.05) is 18.2 Å². The number of anilines is 1. The Morgan fingerprint density at radius 1 is 1.12 bits per heavy atom.